The molecule has 0 aliphatic carbocycles. The average Bonchev–Trinajstić information content (AvgIpc) is 2.87. The molecule has 2 N–H and O–H groups in total. The molecule has 0 amide bonds. The van der Waals surface area contributed by atoms with Crippen LogP contribution in [0.5, 0.6) is 0 Å². The summed E-state index contributed by atoms with van der Waals surface area (Å²) in [6, 6.07) is 0. The Morgan fingerprint density at radius 1 is 0.500 bits per heavy atom. The van der Waals surface area contributed by atoms with Gasteiger partial charge in [-0.1, -0.05) is 91.2 Å². The number of aliphatic hydroxyl groups is 2. The number of carboxylic acids is 4. The van der Waals surface area contributed by atoms with Gasteiger partial charge >= 0.3 is 54.6 Å². The number of unbranched alkanes of at least 4 members (excludes halogenated alkanes) is 11. The summed E-state index contributed by atoms with van der Waals surface area (Å²) >= 11 is 0. The van der Waals surface area contributed by atoms with E-state index in [1.54, 1.807) is 0 Å². The van der Waals surface area contributed by atoms with E-state index in [2.05, 4.69) is 27.0 Å². The fraction of sp³-hybridized carbons (Fsp3) is 0.733. The fourth-order valence-corrected chi connectivity index (χ4v) is 2.32. The van der Waals surface area contributed by atoms with Gasteiger partial charge in [0.15, 0.2) is 0 Å². The Hall–Kier alpha value is -0.876. The summed E-state index contributed by atoms with van der Waals surface area (Å²) in [5.74, 6) is -4.21. The number of rotatable bonds is 19. The van der Waals surface area contributed by atoms with Crippen LogP contribution in [-0.2, 0) is 19.2 Å². The van der Waals surface area contributed by atoms with E-state index in [1.165, 1.54) is 39.5 Å². The van der Waals surface area contributed by atoms with E-state index in [0.29, 0.717) is 0 Å². The van der Waals surface area contributed by atoms with Gasteiger partial charge in [0.2, 0.25) is 0 Å². The second-order valence-corrected chi connectivity index (χ2v) is 9.07. The Kier molecular flexibility index (Phi) is 67.4. The molecule has 0 aromatic rings. The van der Waals surface area contributed by atoms with Crippen LogP contribution in [0.15, 0.2) is 24.3 Å². The number of carboxylic acid groups (broad SMARTS) is 4. The Labute approximate surface area is 294 Å². The van der Waals surface area contributed by atoms with Gasteiger partial charge in [0.05, 0.1) is 11.9 Å². The minimum absolute atomic E-state index is 0. The van der Waals surface area contributed by atoms with E-state index >= 15 is 0 Å². The van der Waals surface area contributed by atoms with E-state index in [1.807, 2.05) is 0 Å². The molecule has 0 saturated heterocycles. The molecular weight excluding hydrogens is 935 g/mol. The van der Waals surface area contributed by atoms with E-state index < -0.39 is 23.9 Å². The smallest absolute Gasteiger partial charge is 0.550 e. The van der Waals surface area contributed by atoms with E-state index in [4.69, 9.17) is 10.2 Å². The van der Waals surface area contributed by atoms with Gasteiger partial charge in [-0.05, 0) is 63.5 Å². The summed E-state index contributed by atoms with van der Waals surface area (Å²) in [5, 5.41) is 55.4. The third kappa shape index (κ3) is 83.3. The predicted octanol–water partition coefficient (Wildman–Crippen LogP) is 0.588. The van der Waals surface area contributed by atoms with Crippen LogP contribution in [0.2, 0.25) is 0 Å². The van der Waals surface area contributed by atoms with Gasteiger partial charge < -0.3 is 49.8 Å². The molecule has 12 heteroatoms. The topological polar surface area (TPSA) is 201 Å². The third-order valence-corrected chi connectivity index (χ3v) is 4.73. The van der Waals surface area contributed by atoms with Crippen molar-refractivity contribution in [3.05, 3.63) is 24.3 Å². The molecule has 0 unspecified atom stereocenters. The first-order valence-electron chi connectivity index (χ1n) is 14.1. The third-order valence-electron chi connectivity index (χ3n) is 4.73. The first-order chi connectivity index (χ1) is 18.7. The summed E-state index contributed by atoms with van der Waals surface area (Å²) in [5.41, 5.74) is 0.130. The van der Waals surface area contributed by atoms with Crippen LogP contribution in [-0.4, -0.2) is 102 Å². The van der Waals surface area contributed by atoms with Crippen molar-refractivity contribution in [1.29, 1.82) is 0 Å². The number of aliphatic carboxylic acids is 4. The quantitative estimate of drug-likeness (QED) is 0.105. The molecule has 10 nitrogen and oxygen atoms in total. The molecule has 0 rings (SSSR count). The van der Waals surface area contributed by atoms with Gasteiger partial charge in [0, 0.05) is 25.2 Å². The normalized spacial score (nSPS) is 8.62. The maximum atomic E-state index is 9.92. The summed E-state index contributed by atoms with van der Waals surface area (Å²) in [7, 11) is 0. The zero-order valence-electron chi connectivity index (χ0n) is 26.3. The summed E-state index contributed by atoms with van der Waals surface area (Å²) in [6.45, 7) is 13.8. The van der Waals surface area contributed by atoms with Crippen molar-refractivity contribution in [2.45, 2.75) is 130 Å². The zero-order chi connectivity index (χ0) is 32.2. The fourth-order valence-electron chi connectivity index (χ4n) is 2.32. The maximum Gasteiger partial charge on any atom is 2.00 e. The van der Waals surface area contributed by atoms with Crippen LogP contribution in [0.1, 0.15) is 130 Å². The van der Waals surface area contributed by atoms with Crippen LogP contribution in [0.3, 0.4) is 0 Å². The Morgan fingerprint density at radius 2 is 0.714 bits per heavy atom. The largest absolute Gasteiger partial charge is 2.00 e. The molecule has 0 aliphatic rings. The summed E-state index contributed by atoms with van der Waals surface area (Å²) in [6.07, 6.45) is 15.0. The first-order valence-corrected chi connectivity index (χ1v) is 14.1. The van der Waals surface area contributed by atoms with Crippen LogP contribution < -0.4 is 20.4 Å². The van der Waals surface area contributed by atoms with E-state index in [-0.39, 0.29) is 91.8 Å². The van der Waals surface area contributed by atoms with Gasteiger partial charge in [-0.2, -0.15) is 0 Å². The predicted molar refractivity (Wildman–Crippen MR) is 161 cm³/mol. The van der Waals surface area contributed by atoms with Crippen LogP contribution in [0.4, 0.5) is 0 Å². The molecule has 0 saturated carbocycles. The van der Waals surface area contributed by atoms with Gasteiger partial charge in [-0.15, -0.1) is 0 Å². The minimum Gasteiger partial charge on any atom is -0.550 e. The van der Waals surface area contributed by atoms with Crippen LogP contribution >= 0.6 is 0 Å². The van der Waals surface area contributed by atoms with Crippen molar-refractivity contribution in [1.82, 2.24) is 0 Å². The molecule has 0 heterocycles. The summed E-state index contributed by atoms with van der Waals surface area (Å²) in [4.78, 5) is 38.8. The second kappa shape index (κ2) is 49.8. The standard InChI is InChI=1S/2C8H16O2.C6H14O2.2C4H6O2.2Pb/c2*1-2-3-4-5-6-7-8(9)10;7-5-3-1-2-4-6-8;2*1-3(2)4(5)6;;/h2*2-7H2,1H3,(H,9,10);7-8H,1-6H2;2*1H2,2H3,(H,5,6);;/q;;;;;2*+2/p-4. The van der Waals surface area contributed by atoms with Crippen LogP contribution in [0.25, 0.3) is 0 Å². The molecule has 0 fully saturated rings. The van der Waals surface area contributed by atoms with Gasteiger partial charge in [-0.3, -0.25) is 0 Å². The van der Waals surface area contributed by atoms with E-state index in [9.17, 15) is 39.6 Å². The number of carbonyl (C=O) groups excluding carboxylic acids is 4. The molecule has 0 aromatic carbocycles. The molecular formula is C30H54O10Pb2. The SMILES string of the molecule is C=C(C)C(=O)[O-].C=C(C)C(=O)[O-].CCCCCCCC(=O)[O-].CCCCCCCC(=O)[O-].OCCCCCCO.[Pb+2].[Pb+2]. The van der Waals surface area contributed by atoms with Crippen molar-refractivity contribution in [3.8, 4) is 0 Å². The minimum atomic E-state index is -1.19. The molecule has 0 aromatic heterocycles. The number of hydrogen-bond acceptors (Lipinski definition) is 10. The van der Waals surface area contributed by atoms with Crippen molar-refractivity contribution < 1.29 is 49.8 Å². The van der Waals surface area contributed by atoms with E-state index in [0.717, 1.165) is 64.2 Å². The Bertz CT molecular complexity index is 564. The summed E-state index contributed by atoms with van der Waals surface area (Å²) < 4.78 is 0. The van der Waals surface area contributed by atoms with Gasteiger partial charge in [0.25, 0.3) is 0 Å². The average molecular weight is 989 g/mol. The Morgan fingerprint density at radius 3 is 0.881 bits per heavy atom. The molecule has 242 valence electrons. The van der Waals surface area contributed by atoms with Gasteiger partial charge in [-0.25, -0.2) is 0 Å². The van der Waals surface area contributed by atoms with Crippen molar-refractivity contribution in [2.24, 2.45) is 0 Å². The van der Waals surface area contributed by atoms with Gasteiger partial charge in [0.1, 0.15) is 0 Å². The number of aliphatic hydroxyl groups excluding tert-OH is 2. The van der Waals surface area contributed by atoms with Crippen LogP contribution in [0, 0.1) is 0 Å². The van der Waals surface area contributed by atoms with Crippen molar-refractivity contribution in [3.63, 3.8) is 0 Å². The number of hydrogen-bond donors (Lipinski definition) is 2. The molecule has 0 aliphatic heterocycles. The molecule has 0 bridgehead atoms. The maximum absolute atomic E-state index is 9.92. The van der Waals surface area contributed by atoms with Crippen molar-refractivity contribution in [2.75, 3.05) is 13.2 Å². The second-order valence-electron chi connectivity index (χ2n) is 9.07. The Balaban J connectivity index is -0.0000000732. The zero-order valence-corrected chi connectivity index (χ0v) is 34.1. The molecule has 0 atom stereocenters. The number of carbonyl (C=O) groups is 4. The molecule has 0 spiro atoms. The monoisotopic (exact) mass is 990 g/mol. The first kappa shape index (κ1) is 56.9. The molecule has 4 radical (unpaired) electrons. The molecule has 42 heavy (non-hydrogen) atoms. The van der Waals surface area contributed by atoms with Crippen molar-refractivity contribution >= 4 is 78.5 Å².